The molecule has 1 N–H and O–H groups in total. The predicted octanol–water partition coefficient (Wildman–Crippen LogP) is 2.89. The van der Waals surface area contributed by atoms with Crippen molar-refractivity contribution >= 4 is 16.0 Å². The Bertz CT molecular complexity index is 891. The number of hydrogen-bond acceptors (Lipinski definition) is 4. The van der Waals surface area contributed by atoms with Gasteiger partial charge in [-0.2, -0.15) is 4.31 Å². The predicted molar refractivity (Wildman–Crippen MR) is 96.4 cm³/mol. The third-order valence-electron chi connectivity index (χ3n) is 4.56. The molecule has 8 heteroatoms. The number of carbonyl (C=O) groups is 1. The summed E-state index contributed by atoms with van der Waals surface area (Å²) < 4.78 is 46.4. The first-order chi connectivity index (χ1) is 12.9. The molecular weight excluding hydrogens is 373 g/mol. The molecule has 1 fully saturated rings. The van der Waals surface area contributed by atoms with Crippen LogP contribution < -0.4 is 0 Å². The first kappa shape index (κ1) is 19.5. The molecule has 27 heavy (non-hydrogen) atoms. The Morgan fingerprint density at radius 3 is 2.22 bits per heavy atom. The number of nitrogens with zero attached hydrogens (tertiary/aromatic N) is 1. The molecule has 1 aliphatic rings. The smallest absolute Gasteiger partial charge is 0.335 e. The lowest BCUT2D eigenvalue weighted by Crippen LogP contribution is -2.42. The van der Waals surface area contributed by atoms with Crippen LogP contribution in [-0.4, -0.2) is 43.1 Å². The van der Waals surface area contributed by atoms with Crippen molar-refractivity contribution in [2.75, 3.05) is 13.2 Å². The van der Waals surface area contributed by atoms with Crippen LogP contribution in [0.5, 0.6) is 0 Å². The van der Waals surface area contributed by atoms with E-state index in [0.717, 1.165) is 0 Å². The molecule has 0 amide bonds. The van der Waals surface area contributed by atoms with Gasteiger partial charge in [0.2, 0.25) is 10.0 Å². The van der Waals surface area contributed by atoms with E-state index < -0.39 is 16.0 Å². The molecule has 0 aliphatic carbocycles. The highest BCUT2D eigenvalue weighted by molar-refractivity contribution is 7.89. The molecule has 1 aliphatic heterocycles. The molecule has 0 saturated carbocycles. The van der Waals surface area contributed by atoms with Gasteiger partial charge in [0.05, 0.1) is 10.5 Å². The van der Waals surface area contributed by atoms with Gasteiger partial charge in [0.25, 0.3) is 0 Å². The average Bonchev–Trinajstić information content (AvgIpc) is 2.68. The number of sulfonamides is 1. The van der Waals surface area contributed by atoms with Gasteiger partial charge >= 0.3 is 5.97 Å². The second-order valence-electron chi connectivity index (χ2n) is 6.35. The Labute approximate surface area is 157 Å². The zero-order chi connectivity index (χ0) is 19.4. The maximum Gasteiger partial charge on any atom is 0.335 e. The molecule has 1 heterocycles. The van der Waals surface area contributed by atoms with Crippen LogP contribution in [0.3, 0.4) is 0 Å². The van der Waals surface area contributed by atoms with Crippen LogP contribution in [0.2, 0.25) is 0 Å². The molecular formula is C19H20FNO5S. The van der Waals surface area contributed by atoms with Crippen molar-refractivity contribution in [3.05, 3.63) is 65.5 Å². The second kappa shape index (κ2) is 8.16. The largest absolute Gasteiger partial charge is 0.478 e. The lowest BCUT2D eigenvalue weighted by Gasteiger charge is -2.33. The SMILES string of the molecule is O=C(O)c1ccc(S(=O)(=O)N(Cc2ccc(F)cc2)C2CCOCC2)cc1. The fraction of sp³-hybridized carbons (Fsp3) is 0.316. The lowest BCUT2D eigenvalue weighted by atomic mass is 10.1. The molecule has 0 atom stereocenters. The molecule has 0 radical (unpaired) electrons. The number of aromatic carboxylic acids is 1. The number of carboxylic acids is 1. The van der Waals surface area contributed by atoms with Crippen molar-refractivity contribution < 1.29 is 27.4 Å². The van der Waals surface area contributed by atoms with Crippen LogP contribution in [0, 0.1) is 5.82 Å². The van der Waals surface area contributed by atoms with Crippen LogP contribution in [0.15, 0.2) is 53.4 Å². The van der Waals surface area contributed by atoms with Crippen molar-refractivity contribution in [2.24, 2.45) is 0 Å². The number of hydrogen-bond donors (Lipinski definition) is 1. The summed E-state index contributed by atoms with van der Waals surface area (Å²) in [4.78, 5) is 11.0. The van der Waals surface area contributed by atoms with E-state index in [9.17, 15) is 17.6 Å². The Morgan fingerprint density at radius 2 is 1.67 bits per heavy atom. The summed E-state index contributed by atoms with van der Waals surface area (Å²) in [5, 5.41) is 9.00. The van der Waals surface area contributed by atoms with Crippen LogP contribution in [-0.2, 0) is 21.3 Å². The summed E-state index contributed by atoms with van der Waals surface area (Å²) in [6, 6.07) is 10.6. The Kier molecular flexibility index (Phi) is 5.88. The number of benzene rings is 2. The maximum atomic E-state index is 13.2. The lowest BCUT2D eigenvalue weighted by molar-refractivity contribution is 0.0569. The van der Waals surface area contributed by atoms with E-state index in [0.29, 0.717) is 31.6 Å². The molecule has 0 bridgehead atoms. The number of ether oxygens (including phenoxy) is 1. The minimum atomic E-state index is -3.86. The van der Waals surface area contributed by atoms with Gasteiger partial charge in [-0.05, 0) is 54.8 Å². The van der Waals surface area contributed by atoms with Crippen molar-refractivity contribution in [3.8, 4) is 0 Å². The van der Waals surface area contributed by atoms with Crippen molar-refractivity contribution in [1.82, 2.24) is 4.31 Å². The third-order valence-corrected chi connectivity index (χ3v) is 6.47. The van der Waals surface area contributed by atoms with Gasteiger partial charge in [-0.25, -0.2) is 17.6 Å². The molecule has 3 rings (SSSR count). The van der Waals surface area contributed by atoms with E-state index in [1.54, 1.807) is 12.1 Å². The number of rotatable bonds is 6. The molecule has 0 aromatic heterocycles. The zero-order valence-electron chi connectivity index (χ0n) is 14.5. The van der Waals surface area contributed by atoms with Gasteiger partial charge < -0.3 is 9.84 Å². The Balaban J connectivity index is 1.94. The summed E-state index contributed by atoms with van der Waals surface area (Å²) in [5.74, 6) is -1.50. The monoisotopic (exact) mass is 393 g/mol. The van der Waals surface area contributed by atoms with Crippen LogP contribution >= 0.6 is 0 Å². The van der Waals surface area contributed by atoms with Crippen LogP contribution in [0.4, 0.5) is 4.39 Å². The molecule has 2 aromatic rings. The summed E-state index contributed by atoms with van der Waals surface area (Å²) in [5.41, 5.74) is 0.693. The van der Waals surface area contributed by atoms with E-state index in [4.69, 9.17) is 9.84 Å². The van der Waals surface area contributed by atoms with E-state index in [-0.39, 0.29) is 28.9 Å². The quantitative estimate of drug-likeness (QED) is 0.816. The van der Waals surface area contributed by atoms with Gasteiger partial charge in [-0.3, -0.25) is 0 Å². The fourth-order valence-electron chi connectivity index (χ4n) is 3.06. The van der Waals surface area contributed by atoms with Gasteiger partial charge in [-0.15, -0.1) is 0 Å². The summed E-state index contributed by atoms with van der Waals surface area (Å²) in [7, 11) is -3.86. The molecule has 144 valence electrons. The van der Waals surface area contributed by atoms with Gasteiger partial charge in [-0.1, -0.05) is 12.1 Å². The van der Waals surface area contributed by atoms with Gasteiger partial charge in [0.1, 0.15) is 5.82 Å². The highest BCUT2D eigenvalue weighted by Gasteiger charge is 2.32. The topological polar surface area (TPSA) is 83.9 Å². The first-order valence-corrected chi connectivity index (χ1v) is 9.99. The van der Waals surface area contributed by atoms with Crippen molar-refractivity contribution in [1.29, 1.82) is 0 Å². The van der Waals surface area contributed by atoms with E-state index in [1.165, 1.54) is 40.7 Å². The second-order valence-corrected chi connectivity index (χ2v) is 8.24. The van der Waals surface area contributed by atoms with Crippen LogP contribution in [0.25, 0.3) is 0 Å². The summed E-state index contributed by atoms with van der Waals surface area (Å²) >= 11 is 0. The van der Waals surface area contributed by atoms with Gasteiger partial charge in [0, 0.05) is 25.8 Å². The van der Waals surface area contributed by atoms with E-state index in [1.807, 2.05) is 0 Å². The molecule has 0 spiro atoms. The fourth-order valence-corrected chi connectivity index (χ4v) is 4.73. The zero-order valence-corrected chi connectivity index (χ0v) is 15.4. The highest BCUT2D eigenvalue weighted by Crippen LogP contribution is 2.26. The van der Waals surface area contributed by atoms with Crippen LogP contribution in [0.1, 0.15) is 28.8 Å². The number of halogens is 1. The first-order valence-electron chi connectivity index (χ1n) is 8.55. The van der Waals surface area contributed by atoms with E-state index in [2.05, 4.69) is 0 Å². The molecule has 2 aromatic carbocycles. The Hall–Kier alpha value is -2.29. The Morgan fingerprint density at radius 1 is 1.07 bits per heavy atom. The van der Waals surface area contributed by atoms with Crippen molar-refractivity contribution in [3.63, 3.8) is 0 Å². The molecule has 1 saturated heterocycles. The minimum Gasteiger partial charge on any atom is -0.478 e. The standard InChI is InChI=1S/C19H20FNO5S/c20-16-5-1-14(2-6-16)13-21(17-9-11-26-12-10-17)27(24,25)18-7-3-15(4-8-18)19(22)23/h1-8,17H,9-13H2,(H,22,23). The average molecular weight is 393 g/mol. The minimum absolute atomic E-state index is 0.0186. The van der Waals surface area contributed by atoms with E-state index >= 15 is 0 Å². The molecule has 0 unspecified atom stereocenters. The van der Waals surface area contributed by atoms with Gasteiger partial charge in [0.15, 0.2) is 0 Å². The van der Waals surface area contributed by atoms with Crippen molar-refractivity contribution in [2.45, 2.75) is 30.3 Å². The maximum absolute atomic E-state index is 13.2. The summed E-state index contributed by atoms with van der Waals surface area (Å²) in [6.07, 6.45) is 1.13. The molecule has 6 nitrogen and oxygen atoms in total. The highest BCUT2D eigenvalue weighted by atomic mass is 32.2. The number of carboxylic acid groups (broad SMARTS) is 1. The normalized spacial score (nSPS) is 15.8. The third kappa shape index (κ3) is 4.52. The summed E-state index contributed by atoms with van der Waals surface area (Å²) in [6.45, 7) is 1.05.